The zero-order valence-electron chi connectivity index (χ0n) is 14.1. The molecule has 2 aliphatic heterocycles. The van der Waals surface area contributed by atoms with Crippen molar-refractivity contribution >= 4 is 11.3 Å². The number of aromatic nitrogens is 1. The van der Waals surface area contributed by atoms with E-state index >= 15 is 0 Å². The Balaban J connectivity index is 1.24. The fraction of sp³-hybridized carbons (Fsp3) is 0.250. The minimum atomic E-state index is 0.290. The summed E-state index contributed by atoms with van der Waals surface area (Å²) in [5.41, 5.74) is 3.36. The van der Waals surface area contributed by atoms with Crippen LogP contribution in [0.2, 0.25) is 0 Å². The molecular weight excluding hydrogens is 348 g/mol. The predicted octanol–water partition coefficient (Wildman–Crippen LogP) is 3.63. The topological polar surface area (TPSA) is 52.6 Å². The van der Waals surface area contributed by atoms with Crippen LogP contribution in [0, 0.1) is 0 Å². The number of hydrogen-bond acceptors (Lipinski definition) is 6. The number of para-hydroxylation sites is 1. The number of thiazole rings is 1. The van der Waals surface area contributed by atoms with Gasteiger partial charge in [0.2, 0.25) is 6.79 Å². The first kappa shape index (κ1) is 15.7. The molecule has 6 heteroatoms. The van der Waals surface area contributed by atoms with E-state index in [1.165, 1.54) is 5.56 Å². The Labute approximate surface area is 155 Å². The third kappa shape index (κ3) is 3.02. The number of rotatable bonds is 4. The Morgan fingerprint density at radius 1 is 1.04 bits per heavy atom. The van der Waals surface area contributed by atoms with Crippen molar-refractivity contribution in [3.05, 3.63) is 59.1 Å². The van der Waals surface area contributed by atoms with Crippen LogP contribution in [0.5, 0.6) is 17.2 Å². The van der Waals surface area contributed by atoms with Gasteiger partial charge in [0.15, 0.2) is 11.5 Å². The minimum Gasteiger partial charge on any atom is -0.492 e. The van der Waals surface area contributed by atoms with Gasteiger partial charge in [-0.25, -0.2) is 4.98 Å². The molecule has 1 unspecified atom stereocenters. The molecule has 3 heterocycles. The highest BCUT2D eigenvalue weighted by molar-refractivity contribution is 7.13. The maximum Gasteiger partial charge on any atom is 0.231 e. The van der Waals surface area contributed by atoms with Crippen LogP contribution >= 0.6 is 11.3 Å². The lowest BCUT2D eigenvalue weighted by Gasteiger charge is -2.25. The van der Waals surface area contributed by atoms with Crippen LogP contribution in [0.15, 0.2) is 47.8 Å². The van der Waals surface area contributed by atoms with Gasteiger partial charge in [-0.05, 0) is 36.2 Å². The summed E-state index contributed by atoms with van der Waals surface area (Å²) in [5.74, 6) is 2.59. The molecule has 3 aromatic rings. The molecule has 0 bridgehead atoms. The van der Waals surface area contributed by atoms with Crippen LogP contribution in [-0.4, -0.2) is 24.4 Å². The number of hydrogen-bond donors (Lipinski definition) is 1. The summed E-state index contributed by atoms with van der Waals surface area (Å²) in [6.45, 7) is 1.71. The van der Waals surface area contributed by atoms with E-state index < -0.39 is 0 Å². The largest absolute Gasteiger partial charge is 0.492 e. The zero-order valence-corrected chi connectivity index (χ0v) is 14.9. The second-order valence-electron chi connectivity index (χ2n) is 6.41. The Bertz CT molecular complexity index is 940. The van der Waals surface area contributed by atoms with Crippen LogP contribution < -0.4 is 19.5 Å². The number of fused-ring (bicyclic) bond motifs is 2. The Morgan fingerprint density at radius 2 is 1.96 bits per heavy atom. The van der Waals surface area contributed by atoms with Crippen molar-refractivity contribution < 1.29 is 14.2 Å². The fourth-order valence-corrected chi connectivity index (χ4v) is 4.08. The van der Waals surface area contributed by atoms with Crippen molar-refractivity contribution in [2.45, 2.75) is 19.0 Å². The van der Waals surface area contributed by atoms with E-state index in [1.807, 2.05) is 30.3 Å². The molecule has 0 amide bonds. The van der Waals surface area contributed by atoms with E-state index in [-0.39, 0.29) is 0 Å². The molecule has 5 rings (SSSR count). The normalized spacial score (nSPS) is 17.6. The lowest BCUT2D eigenvalue weighted by molar-refractivity contribution is 0.174. The van der Waals surface area contributed by atoms with Gasteiger partial charge in [0.1, 0.15) is 17.4 Å². The van der Waals surface area contributed by atoms with Crippen molar-refractivity contribution in [1.82, 2.24) is 10.3 Å². The van der Waals surface area contributed by atoms with Gasteiger partial charge in [-0.1, -0.05) is 18.2 Å². The van der Waals surface area contributed by atoms with Crippen LogP contribution in [-0.2, 0) is 13.0 Å². The van der Waals surface area contributed by atoms with Crippen molar-refractivity contribution in [3.63, 3.8) is 0 Å². The first-order valence-corrected chi connectivity index (χ1v) is 9.51. The average molecular weight is 366 g/mol. The summed E-state index contributed by atoms with van der Waals surface area (Å²) < 4.78 is 16.7. The van der Waals surface area contributed by atoms with Crippen LogP contribution in [0.4, 0.5) is 0 Å². The summed E-state index contributed by atoms with van der Waals surface area (Å²) in [5, 5.41) is 6.65. The lowest BCUT2D eigenvalue weighted by atomic mass is 10.0. The zero-order chi connectivity index (χ0) is 17.3. The second-order valence-corrected chi connectivity index (χ2v) is 7.27. The monoisotopic (exact) mass is 366 g/mol. The van der Waals surface area contributed by atoms with E-state index in [9.17, 15) is 0 Å². The molecule has 132 valence electrons. The molecule has 0 aliphatic carbocycles. The Kier molecular flexibility index (Phi) is 3.99. The van der Waals surface area contributed by atoms with Crippen LogP contribution in [0.3, 0.4) is 0 Å². The van der Waals surface area contributed by atoms with E-state index in [0.29, 0.717) is 19.4 Å². The van der Waals surface area contributed by atoms with E-state index in [4.69, 9.17) is 19.2 Å². The molecular formula is C20H18N2O3S. The molecule has 2 aromatic carbocycles. The van der Waals surface area contributed by atoms with Crippen LogP contribution in [0.1, 0.15) is 11.3 Å². The minimum absolute atomic E-state index is 0.290. The molecule has 0 saturated carbocycles. The molecule has 0 spiro atoms. The molecule has 2 aliphatic rings. The van der Waals surface area contributed by atoms with Gasteiger partial charge >= 0.3 is 0 Å². The van der Waals surface area contributed by atoms with Gasteiger partial charge in [0, 0.05) is 23.5 Å². The summed E-state index contributed by atoms with van der Waals surface area (Å²) in [4.78, 5) is 4.75. The maximum absolute atomic E-state index is 5.84. The molecule has 0 saturated heterocycles. The summed E-state index contributed by atoms with van der Waals surface area (Å²) >= 11 is 1.64. The second kappa shape index (κ2) is 6.63. The number of ether oxygens (including phenoxy) is 3. The highest BCUT2D eigenvalue weighted by Gasteiger charge is 2.19. The summed E-state index contributed by atoms with van der Waals surface area (Å²) in [6.07, 6.45) is 0.981. The van der Waals surface area contributed by atoms with Gasteiger partial charge in [0.05, 0.1) is 5.69 Å². The van der Waals surface area contributed by atoms with E-state index in [0.717, 1.165) is 46.5 Å². The third-order valence-electron chi connectivity index (χ3n) is 4.62. The third-order valence-corrected chi connectivity index (χ3v) is 5.56. The lowest BCUT2D eigenvalue weighted by Crippen LogP contribution is -2.38. The molecule has 0 fully saturated rings. The van der Waals surface area contributed by atoms with Crippen LogP contribution in [0.25, 0.3) is 10.6 Å². The van der Waals surface area contributed by atoms with Crippen molar-refractivity contribution in [2.24, 2.45) is 0 Å². The van der Waals surface area contributed by atoms with E-state index in [1.54, 1.807) is 11.3 Å². The van der Waals surface area contributed by atoms with Crippen molar-refractivity contribution in [2.75, 3.05) is 13.4 Å². The van der Waals surface area contributed by atoms with Gasteiger partial charge in [-0.15, -0.1) is 11.3 Å². The summed E-state index contributed by atoms with van der Waals surface area (Å²) in [6, 6.07) is 14.5. The molecule has 5 nitrogen and oxygen atoms in total. The Hall–Kier alpha value is -2.57. The highest BCUT2D eigenvalue weighted by Crippen LogP contribution is 2.36. The average Bonchev–Trinajstić information content (AvgIpc) is 3.35. The standard InChI is InChI=1S/C20H18N2O3S/c1-2-4-17-13(3-1)7-15(10-23-17)21-9-16-11-26-20(22-16)14-5-6-18-19(8-14)25-12-24-18/h1-6,8,11,15,21H,7,9-10,12H2. The first-order valence-electron chi connectivity index (χ1n) is 8.64. The highest BCUT2D eigenvalue weighted by atomic mass is 32.1. The SMILES string of the molecule is c1ccc2c(c1)CC(NCc1csc(-c3ccc4c(c3)OCO4)n1)CO2. The Morgan fingerprint density at radius 3 is 2.96 bits per heavy atom. The predicted molar refractivity (Wildman–Crippen MR) is 99.9 cm³/mol. The quantitative estimate of drug-likeness (QED) is 0.764. The van der Waals surface area contributed by atoms with Gasteiger partial charge in [-0.3, -0.25) is 0 Å². The fourth-order valence-electron chi connectivity index (χ4n) is 3.26. The summed E-state index contributed by atoms with van der Waals surface area (Å²) in [7, 11) is 0. The maximum atomic E-state index is 5.84. The molecule has 0 radical (unpaired) electrons. The van der Waals surface area contributed by atoms with Gasteiger partial charge in [0.25, 0.3) is 0 Å². The van der Waals surface area contributed by atoms with E-state index in [2.05, 4.69) is 22.8 Å². The van der Waals surface area contributed by atoms with Gasteiger partial charge in [-0.2, -0.15) is 0 Å². The number of benzene rings is 2. The van der Waals surface area contributed by atoms with Gasteiger partial charge < -0.3 is 19.5 Å². The smallest absolute Gasteiger partial charge is 0.231 e. The van der Waals surface area contributed by atoms with Crippen molar-refractivity contribution in [3.8, 4) is 27.8 Å². The molecule has 1 N–H and O–H groups in total. The first-order chi connectivity index (χ1) is 12.8. The molecule has 1 atom stereocenters. The number of nitrogens with one attached hydrogen (secondary N) is 1. The van der Waals surface area contributed by atoms with Crippen molar-refractivity contribution in [1.29, 1.82) is 0 Å². The molecule has 1 aromatic heterocycles. The number of nitrogens with zero attached hydrogens (tertiary/aromatic N) is 1. The molecule has 26 heavy (non-hydrogen) atoms.